The first kappa shape index (κ1) is 13.8. The number of nitrogens with zero attached hydrogens (tertiary/aromatic N) is 1. The molecular weight excluding hydrogens is 216 g/mol. The van der Waals surface area contributed by atoms with Crippen LogP contribution in [-0.4, -0.2) is 29.8 Å². The van der Waals surface area contributed by atoms with E-state index in [0.29, 0.717) is 5.92 Å². The molecule has 96 valence electrons. The summed E-state index contributed by atoms with van der Waals surface area (Å²) in [5, 5.41) is 12.5. The summed E-state index contributed by atoms with van der Waals surface area (Å²) in [6, 6.07) is 2.20. The molecule has 0 amide bonds. The van der Waals surface area contributed by atoms with Gasteiger partial charge in [0.05, 0.1) is 19.0 Å². The van der Waals surface area contributed by atoms with Crippen LogP contribution in [0.3, 0.4) is 0 Å². The lowest BCUT2D eigenvalue weighted by atomic mass is 10.0. The van der Waals surface area contributed by atoms with Gasteiger partial charge in [0.15, 0.2) is 5.75 Å². The molecule has 0 radical (unpaired) electrons. The second-order valence-corrected chi connectivity index (χ2v) is 4.53. The van der Waals surface area contributed by atoms with Crippen LogP contribution in [0.2, 0.25) is 0 Å². The third-order valence-corrected chi connectivity index (χ3v) is 2.81. The van der Waals surface area contributed by atoms with Crippen molar-refractivity contribution in [1.29, 1.82) is 0 Å². The van der Waals surface area contributed by atoms with E-state index in [1.54, 1.807) is 13.3 Å². The molecule has 0 bridgehead atoms. The van der Waals surface area contributed by atoms with E-state index in [0.717, 1.165) is 23.6 Å². The summed E-state index contributed by atoms with van der Waals surface area (Å²) < 4.78 is 5.27. The highest BCUT2D eigenvalue weighted by atomic mass is 16.5. The minimum absolute atomic E-state index is 0.183. The van der Waals surface area contributed by atoms with Crippen LogP contribution in [0.5, 0.6) is 5.75 Å². The van der Waals surface area contributed by atoms with Crippen molar-refractivity contribution in [3.05, 3.63) is 18.0 Å². The van der Waals surface area contributed by atoms with Gasteiger partial charge in [-0.15, -0.1) is 0 Å². The number of ether oxygens (including phenoxy) is 1. The van der Waals surface area contributed by atoms with Crippen LogP contribution in [0.15, 0.2) is 12.3 Å². The number of aliphatic hydroxyl groups is 1. The summed E-state index contributed by atoms with van der Waals surface area (Å²) in [6.07, 6.45) is 2.44. The molecule has 0 spiro atoms. The van der Waals surface area contributed by atoms with Crippen molar-refractivity contribution < 1.29 is 9.84 Å². The van der Waals surface area contributed by atoms with Gasteiger partial charge in [0.25, 0.3) is 0 Å². The second kappa shape index (κ2) is 6.45. The Balaban J connectivity index is 2.87. The molecule has 4 heteroatoms. The zero-order valence-electron chi connectivity index (χ0n) is 11.0. The maximum absolute atomic E-state index is 9.06. The molecule has 1 aromatic rings. The van der Waals surface area contributed by atoms with Crippen LogP contribution in [0.25, 0.3) is 0 Å². The standard InChI is InChI=1S/C13H22N2O2/c1-9(2)11(5-6-16)15-12-7-10(3)14-8-13(12)17-4/h7-9,11,16H,5-6H2,1-4H3,(H,14,15). The van der Waals surface area contributed by atoms with Crippen LogP contribution in [-0.2, 0) is 0 Å². The number of anilines is 1. The van der Waals surface area contributed by atoms with Crippen molar-refractivity contribution in [2.24, 2.45) is 5.92 Å². The second-order valence-electron chi connectivity index (χ2n) is 4.53. The van der Waals surface area contributed by atoms with Crippen molar-refractivity contribution in [2.45, 2.75) is 33.2 Å². The normalized spacial score (nSPS) is 12.6. The highest BCUT2D eigenvalue weighted by molar-refractivity contribution is 5.56. The number of aliphatic hydroxyl groups excluding tert-OH is 1. The quantitative estimate of drug-likeness (QED) is 0.798. The Morgan fingerprint density at radius 3 is 2.71 bits per heavy atom. The van der Waals surface area contributed by atoms with Gasteiger partial charge in [0.1, 0.15) is 0 Å². The summed E-state index contributed by atoms with van der Waals surface area (Å²) in [4.78, 5) is 4.19. The lowest BCUT2D eigenvalue weighted by Crippen LogP contribution is -2.27. The van der Waals surface area contributed by atoms with Crippen molar-refractivity contribution in [3.8, 4) is 5.75 Å². The van der Waals surface area contributed by atoms with E-state index in [1.807, 2.05) is 13.0 Å². The first-order chi connectivity index (χ1) is 8.08. The van der Waals surface area contributed by atoms with Gasteiger partial charge >= 0.3 is 0 Å². The molecule has 1 aromatic heterocycles. The molecule has 1 unspecified atom stereocenters. The van der Waals surface area contributed by atoms with Gasteiger partial charge in [-0.05, 0) is 25.3 Å². The first-order valence-electron chi connectivity index (χ1n) is 5.96. The fourth-order valence-corrected chi connectivity index (χ4v) is 1.73. The summed E-state index contributed by atoms with van der Waals surface area (Å²) in [5.74, 6) is 1.18. The predicted octanol–water partition coefficient (Wildman–Crippen LogP) is 2.22. The third-order valence-electron chi connectivity index (χ3n) is 2.81. The van der Waals surface area contributed by atoms with Gasteiger partial charge in [0.2, 0.25) is 0 Å². The van der Waals surface area contributed by atoms with Crippen molar-refractivity contribution in [2.75, 3.05) is 19.0 Å². The van der Waals surface area contributed by atoms with E-state index in [1.165, 1.54) is 0 Å². The Hall–Kier alpha value is -1.29. The SMILES string of the molecule is COc1cnc(C)cc1NC(CCO)C(C)C. The third kappa shape index (κ3) is 3.89. The monoisotopic (exact) mass is 238 g/mol. The Bertz CT molecular complexity index is 353. The van der Waals surface area contributed by atoms with Gasteiger partial charge in [0, 0.05) is 18.3 Å². The molecule has 1 atom stereocenters. The number of hydrogen-bond donors (Lipinski definition) is 2. The topological polar surface area (TPSA) is 54.4 Å². The summed E-state index contributed by atoms with van der Waals surface area (Å²) in [7, 11) is 1.63. The van der Waals surface area contributed by atoms with Gasteiger partial charge in [-0.2, -0.15) is 0 Å². The largest absolute Gasteiger partial charge is 0.493 e. The lowest BCUT2D eigenvalue weighted by Gasteiger charge is -2.24. The van der Waals surface area contributed by atoms with E-state index >= 15 is 0 Å². The minimum Gasteiger partial charge on any atom is -0.493 e. The number of nitrogens with one attached hydrogen (secondary N) is 1. The van der Waals surface area contributed by atoms with E-state index in [2.05, 4.69) is 24.1 Å². The molecule has 4 nitrogen and oxygen atoms in total. The zero-order valence-corrected chi connectivity index (χ0v) is 11.0. The first-order valence-corrected chi connectivity index (χ1v) is 5.96. The number of hydrogen-bond acceptors (Lipinski definition) is 4. The van der Waals surface area contributed by atoms with E-state index in [-0.39, 0.29) is 12.6 Å². The maximum Gasteiger partial charge on any atom is 0.160 e. The molecular formula is C13H22N2O2. The molecule has 1 rings (SSSR count). The molecule has 0 saturated carbocycles. The molecule has 0 aliphatic heterocycles. The van der Waals surface area contributed by atoms with Crippen LogP contribution in [0.1, 0.15) is 26.0 Å². The summed E-state index contributed by atoms with van der Waals surface area (Å²) >= 11 is 0. The fourth-order valence-electron chi connectivity index (χ4n) is 1.73. The van der Waals surface area contributed by atoms with E-state index in [9.17, 15) is 0 Å². The fraction of sp³-hybridized carbons (Fsp3) is 0.615. The molecule has 0 aliphatic carbocycles. The number of pyridine rings is 1. The van der Waals surface area contributed by atoms with E-state index in [4.69, 9.17) is 9.84 Å². The minimum atomic E-state index is 0.183. The number of rotatable bonds is 6. The number of methoxy groups -OCH3 is 1. The van der Waals surface area contributed by atoms with Crippen LogP contribution in [0, 0.1) is 12.8 Å². The van der Waals surface area contributed by atoms with Crippen LogP contribution in [0.4, 0.5) is 5.69 Å². The molecule has 1 heterocycles. The van der Waals surface area contributed by atoms with Crippen molar-refractivity contribution >= 4 is 5.69 Å². The van der Waals surface area contributed by atoms with Crippen molar-refractivity contribution in [1.82, 2.24) is 4.98 Å². The van der Waals surface area contributed by atoms with E-state index < -0.39 is 0 Å². The predicted molar refractivity (Wildman–Crippen MR) is 69.5 cm³/mol. The Morgan fingerprint density at radius 2 is 2.18 bits per heavy atom. The highest BCUT2D eigenvalue weighted by Crippen LogP contribution is 2.26. The molecule has 0 aliphatic rings. The molecule has 0 saturated heterocycles. The number of aromatic nitrogens is 1. The van der Waals surface area contributed by atoms with Gasteiger partial charge < -0.3 is 15.2 Å². The molecule has 17 heavy (non-hydrogen) atoms. The average Bonchev–Trinajstić information content (AvgIpc) is 2.28. The Labute approximate surface area is 103 Å². The maximum atomic E-state index is 9.06. The van der Waals surface area contributed by atoms with Crippen LogP contribution < -0.4 is 10.1 Å². The Morgan fingerprint density at radius 1 is 1.47 bits per heavy atom. The average molecular weight is 238 g/mol. The summed E-state index contributed by atoms with van der Waals surface area (Å²) in [5.41, 5.74) is 1.88. The zero-order chi connectivity index (χ0) is 12.8. The van der Waals surface area contributed by atoms with Crippen LogP contribution >= 0.6 is 0 Å². The molecule has 2 N–H and O–H groups in total. The van der Waals surface area contributed by atoms with Crippen molar-refractivity contribution in [3.63, 3.8) is 0 Å². The molecule has 0 fully saturated rings. The van der Waals surface area contributed by atoms with Gasteiger partial charge in [-0.1, -0.05) is 13.8 Å². The number of aryl methyl sites for hydroxylation is 1. The lowest BCUT2D eigenvalue weighted by molar-refractivity contribution is 0.267. The van der Waals surface area contributed by atoms with Gasteiger partial charge in [-0.3, -0.25) is 4.98 Å². The highest BCUT2D eigenvalue weighted by Gasteiger charge is 2.14. The molecule has 0 aromatic carbocycles. The van der Waals surface area contributed by atoms with Gasteiger partial charge in [-0.25, -0.2) is 0 Å². The Kier molecular flexibility index (Phi) is 5.22. The smallest absolute Gasteiger partial charge is 0.160 e. The summed E-state index contributed by atoms with van der Waals surface area (Å²) in [6.45, 7) is 6.39.